The molecule has 1 rings (SSSR count). The molecule has 1 amide bonds. The minimum absolute atomic E-state index is 0.0437. The predicted molar refractivity (Wildman–Crippen MR) is 48.2 cm³/mol. The van der Waals surface area contributed by atoms with Gasteiger partial charge in [-0.05, 0) is 18.8 Å². The van der Waals surface area contributed by atoms with Gasteiger partial charge in [-0.3, -0.25) is 4.79 Å². The second-order valence-electron chi connectivity index (χ2n) is 3.53. The molecular formula is C9H17NO3. The van der Waals surface area contributed by atoms with Crippen molar-refractivity contribution in [2.75, 3.05) is 19.8 Å². The van der Waals surface area contributed by atoms with Gasteiger partial charge in [-0.25, -0.2) is 0 Å². The molecule has 13 heavy (non-hydrogen) atoms. The first-order valence-corrected chi connectivity index (χ1v) is 4.74. The lowest BCUT2D eigenvalue weighted by Crippen LogP contribution is -2.37. The SMILES string of the molecule is CC(CO)CNC(=O)[C@H]1CCCO1. The highest BCUT2D eigenvalue weighted by molar-refractivity contribution is 5.80. The van der Waals surface area contributed by atoms with Crippen LogP contribution >= 0.6 is 0 Å². The lowest BCUT2D eigenvalue weighted by Gasteiger charge is -2.12. The highest BCUT2D eigenvalue weighted by Crippen LogP contribution is 2.11. The van der Waals surface area contributed by atoms with E-state index in [1.807, 2.05) is 6.92 Å². The van der Waals surface area contributed by atoms with Crippen LogP contribution in [0.4, 0.5) is 0 Å². The summed E-state index contributed by atoms with van der Waals surface area (Å²) in [6, 6.07) is 0. The van der Waals surface area contributed by atoms with Gasteiger partial charge in [0.05, 0.1) is 0 Å². The van der Waals surface area contributed by atoms with Gasteiger partial charge in [0.1, 0.15) is 6.10 Å². The molecule has 1 aliphatic heterocycles. The van der Waals surface area contributed by atoms with Crippen molar-refractivity contribution in [1.29, 1.82) is 0 Å². The molecule has 0 saturated carbocycles. The Labute approximate surface area is 78.3 Å². The van der Waals surface area contributed by atoms with Gasteiger partial charge in [0.25, 0.3) is 0 Å². The van der Waals surface area contributed by atoms with Crippen LogP contribution in [0.15, 0.2) is 0 Å². The number of carbonyl (C=O) groups excluding carboxylic acids is 1. The molecule has 1 saturated heterocycles. The summed E-state index contributed by atoms with van der Waals surface area (Å²) in [5, 5.41) is 11.5. The van der Waals surface area contributed by atoms with E-state index in [4.69, 9.17) is 9.84 Å². The Kier molecular flexibility index (Phi) is 4.18. The highest BCUT2D eigenvalue weighted by atomic mass is 16.5. The average molecular weight is 187 g/mol. The van der Waals surface area contributed by atoms with Crippen LogP contribution in [0.25, 0.3) is 0 Å². The average Bonchev–Trinajstić information content (AvgIpc) is 2.66. The highest BCUT2D eigenvalue weighted by Gasteiger charge is 2.23. The third kappa shape index (κ3) is 3.32. The number of aliphatic hydroxyl groups is 1. The van der Waals surface area contributed by atoms with Crippen LogP contribution in [0.1, 0.15) is 19.8 Å². The molecule has 4 heteroatoms. The van der Waals surface area contributed by atoms with Gasteiger partial charge >= 0.3 is 0 Å². The first-order valence-electron chi connectivity index (χ1n) is 4.74. The van der Waals surface area contributed by atoms with Crippen LogP contribution in [0.2, 0.25) is 0 Å². The molecule has 2 atom stereocenters. The zero-order chi connectivity index (χ0) is 9.68. The van der Waals surface area contributed by atoms with Crippen molar-refractivity contribution in [3.8, 4) is 0 Å². The summed E-state index contributed by atoms with van der Waals surface area (Å²) < 4.78 is 5.21. The van der Waals surface area contributed by atoms with Crippen LogP contribution < -0.4 is 5.32 Å². The van der Waals surface area contributed by atoms with Gasteiger partial charge in [0, 0.05) is 19.8 Å². The Bertz CT molecular complexity index is 166. The van der Waals surface area contributed by atoms with Crippen molar-refractivity contribution in [3.63, 3.8) is 0 Å². The number of amides is 1. The van der Waals surface area contributed by atoms with Crippen molar-refractivity contribution < 1.29 is 14.6 Å². The summed E-state index contributed by atoms with van der Waals surface area (Å²) in [4.78, 5) is 11.3. The van der Waals surface area contributed by atoms with E-state index in [0.717, 1.165) is 12.8 Å². The normalized spacial score (nSPS) is 24.3. The molecule has 0 radical (unpaired) electrons. The maximum absolute atomic E-state index is 11.3. The van der Waals surface area contributed by atoms with Crippen LogP contribution in [0.3, 0.4) is 0 Å². The topological polar surface area (TPSA) is 58.6 Å². The Morgan fingerprint density at radius 2 is 2.54 bits per heavy atom. The fourth-order valence-corrected chi connectivity index (χ4v) is 1.24. The van der Waals surface area contributed by atoms with Crippen molar-refractivity contribution in [2.24, 2.45) is 5.92 Å². The molecule has 1 aliphatic rings. The summed E-state index contributed by atoms with van der Waals surface area (Å²) in [6.45, 7) is 3.20. The van der Waals surface area contributed by atoms with Crippen molar-refractivity contribution in [1.82, 2.24) is 5.32 Å². The van der Waals surface area contributed by atoms with Gasteiger partial charge in [-0.1, -0.05) is 6.92 Å². The minimum Gasteiger partial charge on any atom is -0.396 e. The number of ether oxygens (including phenoxy) is 1. The number of hydrogen-bond acceptors (Lipinski definition) is 3. The van der Waals surface area contributed by atoms with Gasteiger partial charge in [-0.2, -0.15) is 0 Å². The summed E-state index contributed by atoms with van der Waals surface area (Å²) in [7, 11) is 0. The fourth-order valence-electron chi connectivity index (χ4n) is 1.24. The number of hydrogen-bond donors (Lipinski definition) is 2. The molecule has 1 unspecified atom stereocenters. The van der Waals surface area contributed by atoms with E-state index >= 15 is 0 Å². The predicted octanol–water partition coefficient (Wildman–Crippen LogP) is -0.0900. The Balaban J connectivity index is 2.16. The van der Waals surface area contributed by atoms with Crippen LogP contribution in [-0.2, 0) is 9.53 Å². The van der Waals surface area contributed by atoms with E-state index in [1.165, 1.54) is 0 Å². The summed E-state index contributed by atoms with van der Waals surface area (Å²) in [5.74, 6) is 0.0724. The molecule has 4 nitrogen and oxygen atoms in total. The molecule has 76 valence electrons. The summed E-state index contributed by atoms with van der Waals surface area (Å²) in [5.41, 5.74) is 0. The molecule has 0 aromatic carbocycles. The van der Waals surface area contributed by atoms with Gasteiger partial charge in [-0.15, -0.1) is 0 Å². The zero-order valence-electron chi connectivity index (χ0n) is 7.95. The number of aliphatic hydroxyl groups excluding tert-OH is 1. The van der Waals surface area contributed by atoms with Crippen molar-refractivity contribution >= 4 is 5.91 Å². The Morgan fingerprint density at radius 3 is 3.08 bits per heavy atom. The first kappa shape index (κ1) is 10.5. The van der Waals surface area contributed by atoms with Crippen molar-refractivity contribution in [2.45, 2.75) is 25.9 Å². The zero-order valence-corrected chi connectivity index (χ0v) is 7.95. The monoisotopic (exact) mass is 187 g/mol. The molecule has 1 fully saturated rings. The number of nitrogens with one attached hydrogen (secondary N) is 1. The molecule has 0 aromatic heterocycles. The number of carbonyl (C=O) groups is 1. The van der Waals surface area contributed by atoms with Crippen molar-refractivity contribution in [3.05, 3.63) is 0 Å². The maximum atomic E-state index is 11.3. The van der Waals surface area contributed by atoms with E-state index in [1.54, 1.807) is 0 Å². The number of rotatable bonds is 4. The van der Waals surface area contributed by atoms with E-state index in [-0.39, 0.29) is 24.5 Å². The lowest BCUT2D eigenvalue weighted by atomic mass is 10.2. The molecule has 2 N–H and O–H groups in total. The lowest BCUT2D eigenvalue weighted by molar-refractivity contribution is -0.130. The molecular weight excluding hydrogens is 170 g/mol. The van der Waals surface area contributed by atoms with Gasteiger partial charge in [0.2, 0.25) is 5.91 Å². The first-order chi connectivity index (χ1) is 6.24. The van der Waals surface area contributed by atoms with E-state index in [9.17, 15) is 4.79 Å². The quantitative estimate of drug-likeness (QED) is 0.646. The van der Waals surface area contributed by atoms with E-state index in [0.29, 0.717) is 13.2 Å². The third-order valence-electron chi connectivity index (χ3n) is 2.16. The standard InChI is InChI=1S/C9H17NO3/c1-7(6-11)5-10-9(12)8-3-2-4-13-8/h7-8,11H,2-6H2,1H3,(H,10,12)/t7?,8-/m1/s1. The van der Waals surface area contributed by atoms with E-state index < -0.39 is 0 Å². The third-order valence-corrected chi connectivity index (χ3v) is 2.16. The fraction of sp³-hybridized carbons (Fsp3) is 0.889. The smallest absolute Gasteiger partial charge is 0.249 e. The van der Waals surface area contributed by atoms with Gasteiger partial charge < -0.3 is 15.2 Å². The molecule has 1 heterocycles. The van der Waals surface area contributed by atoms with Crippen LogP contribution in [-0.4, -0.2) is 36.9 Å². The van der Waals surface area contributed by atoms with Crippen LogP contribution in [0.5, 0.6) is 0 Å². The Hall–Kier alpha value is -0.610. The molecule has 0 aromatic rings. The molecule has 0 spiro atoms. The minimum atomic E-state index is -0.258. The molecule has 0 aliphatic carbocycles. The van der Waals surface area contributed by atoms with Gasteiger partial charge in [0.15, 0.2) is 0 Å². The second-order valence-corrected chi connectivity index (χ2v) is 3.53. The van der Waals surface area contributed by atoms with E-state index in [2.05, 4.69) is 5.32 Å². The second kappa shape index (κ2) is 5.19. The van der Waals surface area contributed by atoms with Crippen LogP contribution in [0, 0.1) is 5.92 Å². The summed E-state index contributed by atoms with van der Waals surface area (Å²) >= 11 is 0. The Morgan fingerprint density at radius 1 is 1.77 bits per heavy atom. The summed E-state index contributed by atoms with van der Waals surface area (Å²) in [6.07, 6.45) is 1.53. The maximum Gasteiger partial charge on any atom is 0.249 e. The molecule has 0 bridgehead atoms. The largest absolute Gasteiger partial charge is 0.396 e.